The molecule has 24 heavy (non-hydrogen) atoms. The minimum atomic E-state index is -0.116. The summed E-state index contributed by atoms with van der Waals surface area (Å²) in [5.41, 5.74) is 2.00. The van der Waals surface area contributed by atoms with E-state index in [1.807, 2.05) is 12.1 Å². The predicted molar refractivity (Wildman–Crippen MR) is 96.7 cm³/mol. The van der Waals surface area contributed by atoms with Crippen LogP contribution in [-0.2, 0) is 4.74 Å². The molecule has 0 bridgehead atoms. The van der Waals surface area contributed by atoms with Crippen molar-refractivity contribution in [1.82, 2.24) is 10.6 Å². The molecule has 0 saturated carbocycles. The lowest BCUT2D eigenvalue weighted by Gasteiger charge is -2.33. The molecule has 0 aliphatic carbocycles. The third kappa shape index (κ3) is 4.85. The summed E-state index contributed by atoms with van der Waals surface area (Å²) < 4.78 is 5.58. The van der Waals surface area contributed by atoms with Gasteiger partial charge >= 0.3 is 6.03 Å². The van der Waals surface area contributed by atoms with Crippen LogP contribution in [0.2, 0.25) is 0 Å². The van der Waals surface area contributed by atoms with Crippen LogP contribution in [0.5, 0.6) is 0 Å². The van der Waals surface area contributed by atoms with Crippen molar-refractivity contribution in [1.29, 1.82) is 0 Å². The van der Waals surface area contributed by atoms with E-state index in [2.05, 4.69) is 39.9 Å². The van der Waals surface area contributed by atoms with E-state index in [1.54, 1.807) is 0 Å². The first-order valence-corrected chi connectivity index (χ1v) is 8.95. The number of hydrogen-bond acceptors (Lipinski definition) is 4. The standard InChI is InChI=1S/C18H28N4O2/c1-14-13-22(11-12-24-14)17-6-4-16(5-7-17)21-18(23)20-15-3-2-9-19-10-8-15/h4-7,14-15,19H,2-3,8-13H2,1H3,(H2,20,21,23). The van der Waals surface area contributed by atoms with Crippen molar-refractivity contribution in [3.63, 3.8) is 0 Å². The number of nitrogens with zero attached hydrogens (tertiary/aromatic N) is 1. The fourth-order valence-electron chi connectivity index (χ4n) is 3.32. The summed E-state index contributed by atoms with van der Waals surface area (Å²) in [6.45, 7) is 6.69. The number of nitrogens with one attached hydrogen (secondary N) is 3. The fourth-order valence-corrected chi connectivity index (χ4v) is 3.32. The van der Waals surface area contributed by atoms with Gasteiger partial charge in [0.25, 0.3) is 0 Å². The summed E-state index contributed by atoms with van der Waals surface area (Å²) in [5.74, 6) is 0. The van der Waals surface area contributed by atoms with Gasteiger partial charge in [0.05, 0.1) is 12.7 Å². The summed E-state index contributed by atoms with van der Waals surface area (Å²) >= 11 is 0. The van der Waals surface area contributed by atoms with Crippen LogP contribution in [0.1, 0.15) is 26.2 Å². The maximum atomic E-state index is 12.2. The van der Waals surface area contributed by atoms with Gasteiger partial charge in [-0.05, 0) is 63.5 Å². The fraction of sp³-hybridized carbons (Fsp3) is 0.611. The van der Waals surface area contributed by atoms with Crippen molar-refractivity contribution in [2.24, 2.45) is 0 Å². The smallest absolute Gasteiger partial charge is 0.319 e. The maximum absolute atomic E-state index is 12.2. The normalized spacial score (nSPS) is 25.0. The van der Waals surface area contributed by atoms with E-state index in [9.17, 15) is 4.79 Å². The minimum absolute atomic E-state index is 0.116. The molecule has 1 aromatic rings. The second-order valence-corrected chi connectivity index (χ2v) is 6.65. The molecule has 2 aliphatic rings. The van der Waals surface area contributed by atoms with E-state index in [1.165, 1.54) is 5.69 Å². The topological polar surface area (TPSA) is 65.6 Å². The number of hydrogen-bond donors (Lipinski definition) is 3. The molecule has 0 aromatic heterocycles. The third-order valence-electron chi connectivity index (χ3n) is 4.64. The molecule has 3 rings (SSSR count). The van der Waals surface area contributed by atoms with E-state index in [0.717, 1.165) is 57.7 Å². The van der Waals surface area contributed by atoms with Crippen LogP contribution >= 0.6 is 0 Å². The van der Waals surface area contributed by atoms with Crippen molar-refractivity contribution in [2.45, 2.75) is 38.3 Å². The Hall–Kier alpha value is -1.79. The molecule has 2 fully saturated rings. The molecule has 6 heteroatoms. The zero-order chi connectivity index (χ0) is 16.8. The molecule has 1 aromatic carbocycles. The summed E-state index contributed by atoms with van der Waals surface area (Å²) in [4.78, 5) is 14.5. The van der Waals surface area contributed by atoms with Crippen LogP contribution in [0, 0.1) is 0 Å². The van der Waals surface area contributed by atoms with Crippen molar-refractivity contribution >= 4 is 17.4 Å². The Kier molecular flexibility index (Phi) is 5.93. The second-order valence-electron chi connectivity index (χ2n) is 6.65. The lowest BCUT2D eigenvalue weighted by Crippen LogP contribution is -2.41. The van der Waals surface area contributed by atoms with Gasteiger partial charge in [-0.3, -0.25) is 0 Å². The molecule has 0 spiro atoms. The average Bonchev–Trinajstić information content (AvgIpc) is 2.84. The Balaban J connectivity index is 1.50. The molecule has 132 valence electrons. The van der Waals surface area contributed by atoms with Crippen LogP contribution in [0.15, 0.2) is 24.3 Å². The van der Waals surface area contributed by atoms with Crippen molar-refractivity contribution in [3.05, 3.63) is 24.3 Å². The summed E-state index contributed by atoms with van der Waals surface area (Å²) in [5, 5.41) is 9.36. The Bertz CT molecular complexity index is 526. The number of carbonyl (C=O) groups excluding carboxylic acids is 1. The van der Waals surface area contributed by atoms with Gasteiger partial charge in [0.1, 0.15) is 0 Å². The van der Waals surface area contributed by atoms with E-state index in [0.29, 0.717) is 0 Å². The van der Waals surface area contributed by atoms with E-state index < -0.39 is 0 Å². The minimum Gasteiger partial charge on any atom is -0.375 e. The number of benzene rings is 1. The number of carbonyl (C=O) groups is 1. The first kappa shape index (κ1) is 17.0. The second kappa shape index (κ2) is 8.35. The van der Waals surface area contributed by atoms with Crippen LogP contribution in [0.25, 0.3) is 0 Å². The summed E-state index contributed by atoms with van der Waals surface area (Å²) in [7, 11) is 0. The van der Waals surface area contributed by atoms with Crippen LogP contribution < -0.4 is 20.9 Å². The molecule has 2 unspecified atom stereocenters. The molecule has 2 atom stereocenters. The largest absolute Gasteiger partial charge is 0.375 e. The maximum Gasteiger partial charge on any atom is 0.319 e. The van der Waals surface area contributed by atoms with Crippen molar-refractivity contribution < 1.29 is 9.53 Å². The molecule has 3 N–H and O–H groups in total. The Labute approximate surface area is 143 Å². The van der Waals surface area contributed by atoms with Crippen LogP contribution in [-0.4, -0.2) is 51.0 Å². The number of anilines is 2. The monoisotopic (exact) mass is 332 g/mol. The van der Waals surface area contributed by atoms with Gasteiger partial charge in [-0.2, -0.15) is 0 Å². The molecule has 2 amide bonds. The van der Waals surface area contributed by atoms with Gasteiger partial charge in [0, 0.05) is 30.5 Å². The Morgan fingerprint density at radius 2 is 2.08 bits per heavy atom. The molecule has 6 nitrogen and oxygen atoms in total. The quantitative estimate of drug-likeness (QED) is 0.794. The SMILES string of the molecule is CC1CN(c2ccc(NC(=O)NC3CCCNCC3)cc2)CCO1. The summed E-state index contributed by atoms with van der Waals surface area (Å²) in [6.07, 6.45) is 3.39. The molecular weight excluding hydrogens is 304 g/mol. The van der Waals surface area contributed by atoms with Gasteiger partial charge in [-0.1, -0.05) is 0 Å². The highest BCUT2D eigenvalue weighted by Gasteiger charge is 2.17. The summed E-state index contributed by atoms with van der Waals surface area (Å²) in [6, 6.07) is 8.18. The highest BCUT2D eigenvalue weighted by molar-refractivity contribution is 5.89. The van der Waals surface area contributed by atoms with Crippen LogP contribution in [0.4, 0.5) is 16.2 Å². The number of amides is 2. The molecule has 0 radical (unpaired) electrons. The zero-order valence-corrected chi connectivity index (χ0v) is 14.4. The molecular formula is C18H28N4O2. The van der Waals surface area contributed by atoms with E-state index in [4.69, 9.17) is 4.74 Å². The van der Waals surface area contributed by atoms with Gasteiger partial charge in [0.2, 0.25) is 0 Å². The predicted octanol–water partition coefficient (Wildman–Crippen LogP) is 2.18. The highest BCUT2D eigenvalue weighted by Crippen LogP contribution is 2.20. The molecule has 2 heterocycles. The average molecular weight is 332 g/mol. The van der Waals surface area contributed by atoms with Gasteiger partial charge in [-0.15, -0.1) is 0 Å². The number of ether oxygens (including phenoxy) is 1. The Morgan fingerprint density at radius 1 is 1.25 bits per heavy atom. The zero-order valence-electron chi connectivity index (χ0n) is 14.4. The number of urea groups is 1. The number of rotatable bonds is 3. The molecule has 2 saturated heterocycles. The van der Waals surface area contributed by atoms with Gasteiger partial charge in [0.15, 0.2) is 0 Å². The van der Waals surface area contributed by atoms with Crippen LogP contribution in [0.3, 0.4) is 0 Å². The highest BCUT2D eigenvalue weighted by atomic mass is 16.5. The molecule has 2 aliphatic heterocycles. The van der Waals surface area contributed by atoms with Crippen molar-refractivity contribution in [2.75, 3.05) is 43.0 Å². The first-order chi connectivity index (χ1) is 11.7. The van der Waals surface area contributed by atoms with E-state index >= 15 is 0 Å². The third-order valence-corrected chi connectivity index (χ3v) is 4.64. The van der Waals surface area contributed by atoms with E-state index in [-0.39, 0.29) is 18.2 Å². The van der Waals surface area contributed by atoms with Gasteiger partial charge in [-0.25, -0.2) is 4.79 Å². The number of morpholine rings is 1. The van der Waals surface area contributed by atoms with Crippen molar-refractivity contribution in [3.8, 4) is 0 Å². The van der Waals surface area contributed by atoms with Gasteiger partial charge < -0.3 is 25.6 Å². The lowest BCUT2D eigenvalue weighted by molar-refractivity contribution is 0.0532. The lowest BCUT2D eigenvalue weighted by atomic mass is 10.1. The Morgan fingerprint density at radius 3 is 2.88 bits per heavy atom. The first-order valence-electron chi connectivity index (χ1n) is 8.95.